The Labute approximate surface area is 178 Å². The number of carbonyl (C=O) groups excluding carboxylic acids is 1. The van der Waals surface area contributed by atoms with E-state index in [1.54, 1.807) is 12.1 Å². The highest BCUT2D eigenvalue weighted by Crippen LogP contribution is 2.40. The summed E-state index contributed by atoms with van der Waals surface area (Å²) in [7, 11) is 0. The third kappa shape index (κ3) is 3.94. The molecule has 31 heavy (non-hydrogen) atoms. The van der Waals surface area contributed by atoms with Gasteiger partial charge in [-0.3, -0.25) is 4.79 Å². The SMILES string of the molecule is NC(=O)[C@@H](Cc1cc2c3c(c1)nc(-c1ccc(OC(F)F)cc1)n3CCCO2)C1CC1. The second-order valence-corrected chi connectivity index (χ2v) is 8.20. The monoisotopic (exact) mass is 427 g/mol. The molecule has 6 nitrogen and oxygen atoms in total. The highest BCUT2D eigenvalue weighted by Gasteiger charge is 2.35. The van der Waals surface area contributed by atoms with Crippen molar-refractivity contribution in [1.82, 2.24) is 9.55 Å². The molecule has 8 heteroatoms. The molecule has 162 valence electrons. The largest absolute Gasteiger partial charge is 0.491 e. The lowest BCUT2D eigenvalue weighted by Gasteiger charge is -2.13. The van der Waals surface area contributed by atoms with Crippen LogP contribution in [0.4, 0.5) is 8.78 Å². The predicted octanol–water partition coefficient (Wildman–Crippen LogP) is 4.14. The van der Waals surface area contributed by atoms with Crippen LogP contribution in [-0.4, -0.2) is 28.7 Å². The Bertz CT molecular complexity index is 1120. The Morgan fingerprint density at radius 3 is 2.71 bits per heavy atom. The van der Waals surface area contributed by atoms with E-state index in [-0.39, 0.29) is 17.6 Å². The van der Waals surface area contributed by atoms with E-state index in [0.717, 1.165) is 59.5 Å². The van der Waals surface area contributed by atoms with E-state index in [9.17, 15) is 13.6 Å². The van der Waals surface area contributed by atoms with Gasteiger partial charge in [0.25, 0.3) is 0 Å². The topological polar surface area (TPSA) is 79.4 Å². The third-order valence-electron chi connectivity index (χ3n) is 6.00. The fourth-order valence-corrected chi connectivity index (χ4v) is 4.39. The van der Waals surface area contributed by atoms with E-state index in [1.165, 1.54) is 12.1 Å². The van der Waals surface area contributed by atoms with E-state index < -0.39 is 6.61 Å². The average molecular weight is 427 g/mol. The van der Waals surface area contributed by atoms with Crippen molar-refractivity contribution in [2.45, 2.75) is 38.8 Å². The number of rotatable bonds is 7. The lowest BCUT2D eigenvalue weighted by Crippen LogP contribution is -2.26. The van der Waals surface area contributed by atoms with Crippen molar-refractivity contribution in [1.29, 1.82) is 0 Å². The fraction of sp³-hybridized carbons (Fsp3) is 0.391. The molecule has 3 aromatic rings. The number of amides is 1. The number of hydrogen-bond acceptors (Lipinski definition) is 4. The maximum Gasteiger partial charge on any atom is 0.387 e. The molecule has 0 unspecified atom stereocenters. The van der Waals surface area contributed by atoms with Gasteiger partial charge in [0.05, 0.1) is 12.1 Å². The molecule has 1 atom stereocenters. The number of primary amides is 1. The molecule has 1 saturated carbocycles. The zero-order valence-electron chi connectivity index (χ0n) is 16.9. The summed E-state index contributed by atoms with van der Waals surface area (Å²) < 4.78 is 37.5. The summed E-state index contributed by atoms with van der Waals surface area (Å²) in [6.45, 7) is -1.54. The maximum atomic E-state index is 12.4. The number of nitrogens with two attached hydrogens (primary N) is 1. The molecular formula is C23H23F2N3O3. The number of carbonyl (C=O) groups is 1. The molecule has 1 aliphatic carbocycles. The molecule has 2 aromatic carbocycles. The number of ether oxygens (including phenoxy) is 2. The van der Waals surface area contributed by atoms with Crippen LogP contribution in [0.2, 0.25) is 0 Å². The maximum absolute atomic E-state index is 12.4. The van der Waals surface area contributed by atoms with Gasteiger partial charge in [-0.25, -0.2) is 4.98 Å². The first-order chi connectivity index (χ1) is 15.0. The molecule has 1 fully saturated rings. The number of hydrogen-bond donors (Lipinski definition) is 1. The fourth-order valence-electron chi connectivity index (χ4n) is 4.39. The number of nitrogens with zero attached hydrogens (tertiary/aromatic N) is 2. The first-order valence-electron chi connectivity index (χ1n) is 10.5. The van der Waals surface area contributed by atoms with Crippen LogP contribution in [0.5, 0.6) is 11.5 Å². The van der Waals surface area contributed by atoms with E-state index in [4.69, 9.17) is 15.5 Å². The number of imidazole rings is 1. The summed E-state index contributed by atoms with van der Waals surface area (Å²) in [5, 5.41) is 0. The zero-order chi connectivity index (χ0) is 21.5. The van der Waals surface area contributed by atoms with Crippen molar-refractivity contribution in [2.24, 2.45) is 17.6 Å². The first-order valence-corrected chi connectivity index (χ1v) is 10.5. The van der Waals surface area contributed by atoms with Crippen LogP contribution in [0, 0.1) is 11.8 Å². The van der Waals surface area contributed by atoms with Crippen molar-refractivity contribution in [3.8, 4) is 22.9 Å². The van der Waals surface area contributed by atoms with Gasteiger partial charge in [-0.05, 0) is 73.6 Å². The smallest absolute Gasteiger partial charge is 0.387 e. The molecule has 2 heterocycles. The number of benzene rings is 2. The molecule has 1 aliphatic heterocycles. The van der Waals surface area contributed by atoms with Crippen molar-refractivity contribution in [3.05, 3.63) is 42.0 Å². The van der Waals surface area contributed by atoms with Gasteiger partial charge in [0.15, 0.2) is 0 Å². The van der Waals surface area contributed by atoms with Gasteiger partial charge in [0.1, 0.15) is 22.8 Å². The van der Waals surface area contributed by atoms with Crippen LogP contribution in [0.3, 0.4) is 0 Å². The van der Waals surface area contributed by atoms with Gasteiger partial charge in [-0.15, -0.1) is 0 Å². The van der Waals surface area contributed by atoms with Crippen LogP contribution >= 0.6 is 0 Å². The Balaban J connectivity index is 1.54. The quantitative estimate of drug-likeness (QED) is 0.615. The Morgan fingerprint density at radius 2 is 2.03 bits per heavy atom. The molecule has 0 spiro atoms. The van der Waals surface area contributed by atoms with Crippen LogP contribution in [0.25, 0.3) is 22.4 Å². The minimum absolute atomic E-state index is 0.106. The van der Waals surface area contributed by atoms with Gasteiger partial charge < -0.3 is 19.8 Å². The lowest BCUT2D eigenvalue weighted by molar-refractivity contribution is -0.122. The minimum atomic E-state index is -2.86. The second-order valence-electron chi connectivity index (χ2n) is 8.20. The normalized spacial score (nSPS) is 16.7. The number of aromatic nitrogens is 2. The highest BCUT2D eigenvalue weighted by molar-refractivity contribution is 5.87. The third-order valence-corrected chi connectivity index (χ3v) is 6.00. The van der Waals surface area contributed by atoms with Crippen molar-refractivity contribution < 1.29 is 23.0 Å². The van der Waals surface area contributed by atoms with Gasteiger partial charge >= 0.3 is 6.61 Å². The average Bonchev–Trinajstić information content (AvgIpc) is 3.52. The molecule has 2 N–H and O–H groups in total. The molecule has 5 rings (SSSR count). The van der Waals surface area contributed by atoms with E-state index in [2.05, 4.69) is 9.30 Å². The van der Waals surface area contributed by atoms with E-state index >= 15 is 0 Å². The van der Waals surface area contributed by atoms with Crippen LogP contribution in [0.1, 0.15) is 24.8 Å². The molecule has 1 aromatic heterocycles. The van der Waals surface area contributed by atoms with Crippen LogP contribution < -0.4 is 15.2 Å². The summed E-state index contributed by atoms with van der Waals surface area (Å²) in [5.74, 6) is 1.55. The summed E-state index contributed by atoms with van der Waals surface area (Å²) in [4.78, 5) is 16.8. The van der Waals surface area contributed by atoms with E-state index in [0.29, 0.717) is 18.9 Å². The van der Waals surface area contributed by atoms with Crippen LogP contribution in [0.15, 0.2) is 36.4 Å². The Hall–Kier alpha value is -3.16. The number of alkyl halides is 2. The summed E-state index contributed by atoms with van der Waals surface area (Å²) in [5.41, 5.74) is 9.13. The summed E-state index contributed by atoms with van der Waals surface area (Å²) in [6.07, 6.45) is 3.49. The molecule has 0 bridgehead atoms. The first kappa shape index (κ1) is 19.8. The molecular weight excluding hydrogens is 404 g/mol. The minimum Gasteiger partial charge on any atom is -0.491 e. The van der Waals surface area contributed by atoms with Gasteiger partial charge in [0, 0.05) is 18.0 Å². The number of halogens is 2. The molecule has 1 amide bonds. The van der Waals surface area contributed by atoms with Gasteiger partial charge in [0.2, 0.25) is 5.91 Å². The summed E-state index contributed by atoms with van der Waals surface area (Å²) >= 11 is 0. The number of aryl methyl sites for hydroxylation is 1. The van der Waals surface area contributed by atoms with Crippen molar-refractivity contribution in [3.63, 3.8) is 0 Å². The Kier molecular flexibility index (Phi) is 5.00. The lowest BCUT2D eigenvalue weighted by atomic mass is 9.94. The molecule has 2 aliphatic rings. The zero-order valence-corrected chi connectivity index (χ0v) is 16.9. The van der Waals surface area contributed by atoms with Crippen molar-refractivity contribution in [2.75, 3.05) is 6.61 Å². The van der Waals surface area contributed by atoms with Gasteiger partial charge in [-0.1, -0.05) is 0 Å². The van der Waals surface area contributed by atoms with Gasteiger partial charge in [-0.2, -0.15) is 8.78 Å². The predicted molar refractivity (Wildman–Crippen MR) is 111 cm³/mol. The van der Waals surface area contributed by atoms with E-state index in [1.807, 2.05) is 12.1 Å². The van der Waals surface area contributed by atoms with Crippen molar-refractivity contribution >= 4 is 16.9 Å². The van der Waals surface area contributed by atoms with Crippen LogP contribution in [-0.2, 0) is 17.8 Å². The highest BCUT2D eigenvalue weighted by atomic mass is 19.3. The Morgan fingerprint density at radius 1 is 1.26 bits per heavy atom. The standard InChI is InChI=1S/C23H23F2N3O3/c24-23(25)31-16-6-4-15(5-7-16)22-27-18-11-13(10-17(21(26)29)14-2-3-14)12-19-20(18)28(22)8-1-9-30-19/h4-7,11-12,14,17,23H,1-3,8-10H2,(H2,26,29)/t17-/m0/s1. The second kappa shape index (κ2) is 7.83. The molecule has 0 radical (unpaired) electrons. The summed E-state index contributed by atoms with van der Waals surface area (Å²) in [6, 6.07) is 10.5. The molecule has 0 saturated heterocycles.